The van der Waals surface area contributed by atoms with E-state index in [0.717, 1.165) is 40.8 Å². The van der Waals surface area contributed by atoms with Crippen LogP contribution < -0.4 is 4.80 Å². The number of hydrogen-bond donors (Lipinski definition) is 0. The molecule has 0 aliphatic rings. The first kappa shape index (κ1) is 19.8. The molecule has 3 rings (SSSR count). The maximum Gasteiger partial charge on any atom is 0.325 e. The third-order valence-electron chi connectivity index (χ3n) is 4.03. The first-order valence-corrected chi connectivity index (χ1v) is 11.6. The molecular weight excluding hydrogens is 404 g/mol. The number of thiazole rings is 1. The van der Waals surface area contributed by atoms with E-state index in [-0.39, 0.29) is 15.6 Å². The fourth-order valence-electron chi connectivity index (χ4n) is 2.63. The predicted octanol–water partition coefficient (Wildman–Crippen LogP) is 3.57. The number of sulfonamides is 1. The second-order valence-electron chi connectivity index (χ2n) is 5.95. The number of benzene rings is 1. The number of thiophene rings is 1. The number of aromatic nitrogens is 1. The van der Waals surface area contributed by atoms with Gasteiger partial charge >= 0.3 is 5.97 Å². The topological polar surface area (TPSA) is 77.7 Å². The van der Waals surface area contributed by atoms with Gasteiger partial charge in [-0.3, -0.25) is 4.79 Å². The van der Waals surface area contributed by atoms with Crippen molar-refractivity contribution < 1.29 is 17.9 Å². The van der Waals surface area contributed by atoms with E-state index in [4.69, 9.17) is 4.74 Å². The molecule has 9 heteroatoms. The minimum Gasteiger partial charge on any atom is -0.468 e. The molecule has 0 spiro atoms. The van der Waals surface area contributed by atoms with E-state index in [2.05, 4.69) is 11.3 Å². The van der Waals surface area contributed by atoms with Crippen LogP contribution in [0.1, 0.15) is 25.3 Å². The third kappa shape index (κ3) is 4.48. The summed E-state index contributed by atoms with van der Waals surface area (Å²) in [6, 6.07) is 9.15. The highest BCUT2D eigenvalue weighted by molar-refractivity contribution is 7.92. The maximum atomic E-state index is 12.6. The van der Waals surface area contributed by atoms with E-state index < -0.39 is 16.0 Å². The van der Waals surface area contributed by atoms with Gasteiger partial charge in [0.05, 0.1) is 17.3 Å². The van der Waals surface area contributed by atoms with Crippen molar-refractivity contribution in [1.29, 1.82) is 0 Å². The number of esters is 1. The highest BCUT2D eigenvalue weighted by atomic mass is 32.2. The molecule has 0 atom stereocenters. The van der Waals surface area contributed by atoms with E-state index in [1.807, 2.05) is 18.2 Å². The molecular formula is C18H20N2O4S3. The zero-order valence-electron chi connectivity index (χ0n) is 15.0. The number of carbonyl (C=O) groups is 1. The van der Waals surface area contributed by atoms with Crippen molar-refractivity contribution in [3.05, 3.63) is 46.1 Å². The Kier molecular flexibility index (Phi) is 6.13. The van der Waals surface area contributed by atoms with E-state index >= 15 is 0 Å². The Labute approximate surface area is 165 Å². The molecule has 0 N–H and O–H groups in total. The second kappa shape index (κ2) is 8.37. The van der Waals surface area contributed by atoms with Crippen molar-refractivity contribution in [3.63, 3.8) is 0 Å². The lowest BCUT2D eigenvalue weighted by atomic mass is 10.1. The number of carbonyl (C=O) groups excluding carboxylic acids is 1. The van der Waals surface area contributed by atoms with E-state index in [1.165, 1.54) is 30.1 Å². The largest absolute Gasteiger partial charge is 0.468 e. The summed E-state index contributed by atoms with van der Waals surface area (Å²) in [6.07, 6.45) is 3.15. The smallest absolute Gasteiger partial charge is 0.325 e. The minimum atomic E-state index is -3.83. The molecule has 6 nitrogen and oxygen atoms in total. The summed E-state index contributed by atoms with van der Waals surface area (Å²) in [5.41, 5.74) is 1.95. The van der Waals surface area contributed by atoms with Gasteiger partial charge in [-0.25, -0.2) is 0 Å². The van der Waals surface area contributed by atoms with Crippen LogP contribution in [0, 0.1) is 0 Å². The number of methoxy groups -OCH3 is 1. The summed E-state index contributed by atoms with van der Waals surface area (Å²) in [5.74, 6) is -0.459. The molecule has 2 heterocycles. The van der Waals surface area contributed by atoms with Gasteiger partial charge in [-0.1, -0.05) is 36.8 Å². The number of ether oxygens (including phenoxy) is 1. The maximum absolute atomic E-state index is 12.6. The van der Waals surface area contributed by atoms with Gasteiger partial charge in [0.1, 0.15) is 10.8 Å². The van der Waals surface area contributed by atoms with E-state index in [9.17, 15) is 13.2 Å². The summed E-state index contributed by atoms with van der Waals surface area (Å²) >= 11 is 2.38. The molecule has 0 aliphatic heterocycles. The number of unbranched alkanes of at least 4 members (excludes halogenated alkanes) is 1. The number of nitrogens with zero attached hydrogens (tertiary/aromatic N) is 2. The molecule has 1 aromatic carbocycles. The molecule has 0 fully saturated rings. The Bertz CT molecular complexity index is 1110. The zero-order valence-corrected chi connectivity index (χ0v) is 17.5. The fourth-order valence-corrected chi connectivity index (χ4v) is 5.89. The van der Waals surface area contributed by atoms with Crippen molar-refractivity contribution in [3.8, 4) is 0 Å². The quantitative estimate of drug-likeness (QED) is 0.543. The van der Waals surface area contributed by atoms with Gasteiger partial charge in [0.25, 0.3) is 10.0 Å². The SMILES string of the molecule is CCCCc1ccc2c(c1)sc(=NS(=O)(=O)c1cccs1)n2CC(=O)OC. The fraction of sp³-hybridized carbons (Fsp3) is 0.333. The Hall–Kier alpha value is -1.97. The number of fused-ring (bicyclic) bond motifs is 1. The van der Waals surface area contributed by atoms with Crippen LogP contribution in [0.2, 0.25) is 0 Å². The second-order valence-corrected chi connectivity index (χ2v) is 9.74. The lowest BCUT2D eigenvalue weighted by molar-refractivity contribution is -0.141. The molecule has 2 aromatic heterocycles. The monoisotopic (exact) mass is 424 g/mol. The van der Waals surface area contributed by atoms with Gasteiger partial charge in [-0.05, 0) is 42.0 Å². The van der Waals surface area contributed by atoms with Crippen molar-refractivity contribution in [2.24, 2.45) is 4.40 Å². The Balaban J connectivity index is 2.16. The predicted molar refractivity (Wildman–Crippen MR) is 108 cm³/mol. The van der Waals surface area contributed by atoms with Crippen LogP contribution in [-0.4, -0.2) is 26.1 Å². The van der Waals surface area contributed by atoms with Crippen LogP contribution in [0.25, 0.3) is 10.2 Å². The lowest BCUT2D eigenvalue weighted by Gasteiger charge is -2.05. The summed E-state index contributed by atoms with van der Waals surface area (Å²) in [4.78, 5) is 12.1. The van der Waals surface area contributed by atoms with Crippen molar-refractivity contribution >= 4 is 48.9 Å². The van der Waals surface area contributed by atoms with Gasteiger partial charge in [0, 0.05) is 0 Å². The van der Waals surface area contributed by atoms with Crippen LogP contribution in [0.15, 0.2) is 44.3 Å². The van der Waals surface area contributed by atoms with E-state index in [0.29, 0.717) is 0 Å². The highest BCUT2D eigenvalue weighted by Crippen LogP contribution is 2.22. The third-order valence-corrected chi connectivity index (χ3v) is 7.83. The Morgan fingerprint density at radius 1 is 1.30 bits per heavy atom. The first-order chi connectivity index (χ1) is 12.9. The molecule has 0 amide bonds. The van der Waals surface area contributed by atoms with Crippen molar-refractivity contribution in [2.75, 3.05) is 7.11 Å². The van der Waals surface area contributed by atoms with Crippen LogP contribution in [0.5, 0.6) is 0 Å². The average molecular weight is 425 g/mol. The summed E-state index contributed by atoms with van der Waals surface area (Å²) in [7, 11) is -2.52. The summed E-state index contributed by atoms with van der Waals surface area (Å²) in [6.45, 7) is 2.05. The van der Waals surface area contributed by atoms with Crippen molar-refractivity contribution in [1.82, 2.24) is 4.57 Å². The van der Waals surface area contributed by atoms with Gasteiger partial charge in [-0.15, -0.1) is 15.7 Å². The number of hydrogen-bond acceptors (Lipinski definition) is 6. The van der Waals surface area contributed by atoms with Crippen LogP contribution in [-0.2, 0) is 32.5 Å². The Morgan fingerprint density at radius 2 is 2.11 bits per heavy atom. The Morgan fingerprint density at radius 3 is 2.78 bits per heavy atom. The lowest BCUT2D eigenvalue weighted by Crippen LogP contribution is -2.22. The molecule has 27 heavy (non-hydrogen) atoms. The highest BCUT2D eigenvalue weighted by Gasteiger charge is 2.17. The first-order valence-electron chi connectivity index (χ1n) is 8.48. The minimum absolute atomic E-state index is 0.0937. The molecule has 3 aromatic rings. The van der Waals surface area contributed by atoms with Crippen LogP contribution in [0.3, 0.4) is 0 Å². The molecule has 0 radical (unpaired) electrons. The van der Waals surface area contributed by atoms with Gasteiger partial charge in [-0.2, -0.15) is 8.42 Å². The number of rotatable bonds is 7. The molecule has 0 saturated heterocycles. The average Bonchev–Trinajstić information content (AvgIpc) is 3.29. The van der Waals surface area contributed by atoms with Gasteiger partial charge in [0.2, 0.25) is 4.80 Å². The van der Waals surface area contributed by atoms with Crippen LogP contribution in [0.4, 0.5) is 0 Å². The number of aryl methyl sites for hydroxylation is 1. The molecule has 0 saturated carbocycles. The summed E-state index contributed by atoms with van der Waals surface area (Å²) in [5, 5.41) is 1.69. The zero-order chi connectivity index (χ0) is 19.4. The van der Waals surface area contributed by atoms with Crippen molar-refractivity contribution in [2.45, 2.75) is 36.9 Å². The van der Waals surface area contributed by atoms with Gasteiger partial charge in [0.15, 0.2) is 0 Å². The van der Waals surface area contributed by atoms with Gasteiger partial charge < -0.3 is 9.30 Å². The molecule has 144 valence electrons. The summed E-state index contributed by atoms with van der Waals surface area (Å²) < 4.78 is 36.6. The van der Waals surface area contributed by atoms with Crippen LogP contribution >= 0.6 is 22.7 Å². The molecule has 0 unspecified atom stereocenters. The van der Waals surface area contributed by atoms with E-state index in [1.54, 1.807) is 16.0 Å². The molecule has 0 bridgehead atoms. The molecule has 0 aliphatic carbocycles. The standard InChI is InChI=1S/C18H20N2O4S3/c1-3-4-6-13-8-9-14-15(11-13)26-18(20(14)12-16(21)24-2)19-27(22,23)17-7-5-10-25-17/h5,7-11H,3-4,6,12H2,1-2H3. The normalized spacial score (nSPS) is 12.6.